The van der Waals surface area contributed by atoms with Crippen molar-refractivity contribution in [1.29, 1.82) is 0 Å². The molecule has 104 valence electrons. The Morgan fingerprint density at radius 2 is 2.05 bits per heavy atom. The van der Waals surface area contributed by atoms with Gasteiger partial charge < -0.3 is 14.5 Å². The molecule has 0 spiro atoms. The highest BCUT2D eigenvalue weighted by atomic mass is 16.5. The third-order valence-corrected chi connectivity index (χ3v) is 3.23. The number of hydrogen-bond donors (Lipinski definition) is 1. The first-order valence-corrected chi connectivity index (χ1v) is 6.63. The van der Waals surface area contributed by atoms with Gasteiger partial charge in [0.1, 0.15) is 5.52 Å². The zero-order chi connectivity index (χ0) is 14.0. The van der Waals surface area contributed by atoms with E-state index in [0.717, 1.165) is 16.8 Å². The molecule has 19 heavy (non-hydrogen) atoms. The first kappa shape index (κ1) is 13.9. The maximum Gasteiger partial charge on any atom is 0.238 e. The van der Waals surface area contributed by atoms with Crippen LogP contribution in [0.5, 0.6) is 5.88 Å². The van der Waals surface area contributed by atoms with Crippen LogP contribution in [0.15, 0.2) is 6.20 Å². The lowest BCUT2D eigenvalue weighted by Crippen LogP contribution is -2.06. The molecule has 0 saturated carbocycles. The molecule has 2 rings (SSSR count). The Balaban J connectivity index is 2.50. The van der Waals surface area contributed by atoms with Crippen LogP contribution in [0.1, 0.15) is 30.7 Å². The largest absolute Gasteiger partial charge is 0.476 e. The van der Waals surface area contributed by atoms with Gasteiger partial charge in [0.2, 0.25) is 5.88 Å². The van der Waals surface area contributed by atoms with Crippen LogP contribution in [0.3, 0.4) is 0 Å². The fraction of sp³-hybridized carbons (Fsp3) is 0.533. The lowest BCUT2D eigenvalue weighted by atomic mass is 10.1. The average molecular weight is 262 g/mol. The Bertz CT molecular complexity index is 573. The Morgan fingerprint density at radius 3 is 2.68 bits per heavy atom. The Morgan fingerprint density at radius 1 is 1.32 bits per heavy atom. The molecule has 2 aromatic heterocycles. The summed E-state index contributed by atoms with van der Waals surface area (Å²) in [4.78, 5) is 7.79. The van der Waals surface area contributed by atoms with Gasteiger partial charge in [0.05, 0.1) is 13.2 Å². The van der Waals surface area contributed by atoms with Crippen molar-refractivity contribution in [3.63, 3.8) is 0 Å². The van der Waals surface area contributed by atoms with E-state index >= 15 is 0 Å². The third-order valence-electron chi connectivity index (χ3n) is 3.23. The minimum atomic E-state index is 0.479. The molecule has 0 aliphatic heterocycles. The number of aromatic amines is 1. The van der Waals surface area contributed by atoms with Crippen molar-refractivity contribution in [2.24, 2.45) is 5.92 Å². The van der Waals surface area contributed by atoms with Crippen LogP contribution >= 0.6 is 0 Å². The predicted octanol–water partition coefficient (Wildman–Crippen LogP) is 3.36. The molecule has 0 aromatic carbocycles. The normalized spacial score (nSPS) is 11.5. The zero-order valence-electron chi connectivity index (χ0n) is 12.3. The molecule has 4 nitrogen and oxygen atoms in total. The number of aryl methyl sites for hydroxylation is 2. The van der Waals surface area contributed by atoms with Crippen LogP contribution in [0.2, 0.25) is 0 Å². The number of fused-ring (bicyclic) bond motifs is 1. The van der Waals surface area contributed by atoms with Gasteiger partial charge in [0.15, 0.2) is 0 Å². The van der Waals surface area contributed by atoms with E-state index in [1.807, 2.05) is 6.20 Å². The molecule has 0 radical (unpaired) electrons. The number of nitrogens with zero attached hydrogens (tertiary/aromatic N) is 1. The van der Waals surface area contributed by atoms with Crippen LogP contribution in [0.4, 0.5) is 0 Å². The summed E-state index contributed by atoms with van der Waals surface area (Å²) in [6.07, 6.45) is 1.85. The van der Waals surface area contributed by atoms with Gasteiger partial charge in [-0.05, 0) is 25.3 Å². The average Bonchev–Trinajstić information content (AvgIpc) is 2.65. The van der Waals surface area contributed by atoms with Crippen molar-refractivity contribution in [3.8, 4) is 5.88 Å². The van der Waals surface area contributed by atoms with E-state index in [4.69, 9.17) is 9.47 Å². The van der Waals surface area contributed by atoms with Gasteiger partial charge in [0, 0.05) is 30.0 Å². The SMILES string of the molecule is COCc1cnc(OCC(C)C)c2[nH]c(C)c(C)c12. The molecule has 1 N–H and O–H groups in total. The molecule has 0 bridgehead atoms. The van der Waals surface area contributed by atoms with E-state index in [1.165, 1.54) is 10.9 Å². The zero-order valence-corrected chi connectivity index (χ0v) is 12.3. The van der Waals surface area contributed by atoms with Gasteiger partial charge in [-0.2, -0.15) is 0 Å². The molecular formula is C15H22N2O2. The monoisotopic (exact) mass is 262 g/mol. The van der Waals surface area contributed by atoms with Crippen LogP contribution in [0.25, 0.3) is 10.9 Å². The first-order valence-electron chi connectivity index (χ1n) is 6.63. The molecule has 2 aromatic rings. The second-order valence-corrected chi connectivity index (χ2v) is 5.35. The minimum absolute atomic E-state index is 0.479. The van der Waals surface area contributed by atoms with Gasteiger partial charge in [-0.1, -0.05) is 13.8 Å². The van der Waals surface area contributed by atoms with Gasteiger partial charge in [-0.3, -0.25) is 0 Å². The first-order chi connectivity index (χ1) is 9.04. The highest BCUT2D eigenvalue weighted by Gasteiger charge is 2.15. The van der Waals surface area contributed by atoms with Crippen molar-refractivity contribution in [1.82, 2.24) is 9.97 Å². The lowest BCUT2D eigenvalue weighted by Gasteiger charge is -2.10. The summed E-state index contributed by atoms with van der Waals surface area (Å²) in [6, 6.07) is 0. The number of H-pyrrole nitrogens is 1. The van der Waals surface area contributed by atoms with E-state index in [0.29, 0.717) is 25.0 Å². The smallest absolute Gasteiger partial charge is 0.238 e. The van der Waals surface area contributed by atoms with Crippen molar-refractivity contribution >= 4 is 10.9 Å². The molecule has 0 fully saturated rings. The summed E-state index contributed by atoms with van der Waals surface area (Å²) in [5.74, 6) is 1.16. The number of aromatic nitrogens is 2. The number of pyridine rings is 1. The van der Waals surface area contributed by atoms with Crippen LogP contribution in [0, 0.1) is 19.8 Å². The van der Waals surface area contributed by atoms with Crippen molar-refractivity contribution < 1.29 is 9.47 Å². The molecule has 0 aliphatic carbocycles. The van der Waals surface area contributed by atoms with E-state index in [1.54, 1.807) is 7.11 Å². The Hall–Kier alpha value is -1.55. The molecule has 4 heteroatoms. The highest BCUT2D eigenvalue weighted by Crippen LogP contribution is 2.31. The molecule has 0 atom stereocenters. The number of hydrogen-bond acceptors (Lipinski definition) is 3. The van der Waals surface area contributed by atoms with Crippen LogP contribution in [-0.4, -0.2) is 23.7 Å². The topological polar surface area (TPSA) is 47.1 Å². The van der Waals surface area contributed by atoms with E-state index in [-0.39, 0.29) is 0 Å². The Labute approximate surface area is 114 Å². The van der Waals surface area contributed by atoms with Crippen LogP contribution in [-0.2, 0) is 11.3 Å². The molecule has 0 unspecified atom stereocenters. The lowest BCUT2D eigenvalue weighted by molar-refractivity contribution is 0.185. The summed E-state index contributed by atoms with van der Waals surface area (Å²) >= 11 is 0. The van der Waals surface area contributed by atoms with Crippen molar-refractivity contribution in [2.75, 3.05) is 13.7 Å². The van der Waals surface area contributed by atoms with Gasteiger partial charge >= 0.3 is 0 Å². The maximum atomic E-state index is 5.80. The molecule has 2 heterocycles. The van der Waals surface area contributed by atoms with Gasteiger partial charge in [0.25, 0.3) is 0 Å². The second-order valence-electron chi connectivity index (χ2n) is 5.35. The third kappa shape index (κ3) is 2.73. The number of rotatable bonds is 5. The predicted molar refractivity (Wildman–Crippen MR) is 76.6 cm³/mol. The number of nitrogens with one attached hydrogen (secondary N) is 1. The standard InChI is InChI=1S/C15H22N2O2/c1-9(2)7-19-15-14-13(10(3)11(4)17-14)12(6-16-15)8-18-5/h6,9,17H,7-8H2,1-5H3. The van der Waals surface area contributed by atoms with Crippen LogP contribution < -0.4 is 4.74 Å². The Kier molecular flexibility index (Phi) is 4.10. The van der Waals surface area contributed by atoms with Crippen molar-refractivity contribution in [2.45, 2.75) is 34.3 Å². The van der Waals surface area contributed by atoms with E-state index in [9.17, 15) is 0 Å². The maximum absolute atomic E-state index is 5.80. The van der Waals surface area contributed by atoms with E-state index in [2.05, 4.69) is 37.7 Å². The molecule has 0 amide bonds. The quantitative estimate of drug-likeness (QED) is 0.898. The fourth-order valence-corrected chi connectivity index (χ4v) is 2.17. The second kappa shape index (κ2) is 5.61. The highest BCUT2D eigenvalue weighted by molar-refractivity contribution is 5.90. The van der Waals surface area contributed by atoms with E-state index < -0.39 is 0 Å². The minimum Gasteiger partial charge on any atom is -0.476 e. The van der Waals surface area contributed by atoms with Gasteiger partial charge in [-0.25, -0.2) is 4.98 Å². The molecular weight excluding hydrogens is 240 g/mol. The number of ether oxygens (including phenoxy) is 2. The molecule has 0 saturated heterocycles. The van der Waals surface area contributed by atoms with Gasteiger partial charge in [-0.15, -0.1) is 0 Å². The fourth-order valence-electron chi connectivity index (χ4n) is 2.17. The molecule has 0 aliphatic rings. The summed E-state index contributed by atoms with van der Waals surface area (Å²) in [5, 5.41) is 1.17. The summed E-state index contributed by atoms with van der Waals surface area (Å²) < 4.78 is 11.0. The summed E-state index contributed by atoms with van der Waals surface area (Å²) in [6.45, 7) is 9.66. The summed E-state index contributed by atoms with van der Waals surface area (Å²) in [7, 11) is 1.70. The summed E-state index contributed by atoms with van der Waals surface area (Å²) in [5.41, 5.74) is 4.45. The number of methoxy groups -OCH3 is 1. The van der Waals surface area contributed by atoms with Crippen molar-refractivity contribution in [3.05, 3.63) is 23.0 Å².